The van der Waals surface area contributed by atoms with Gasteiger partial charge < -0.3 is 10.2 Å². The van der Waals surface area contributed by atoms with Gasteiger partial charge >= 0.3 is 0 Å². The van der Waals surface area contributed by atoms with Crippen LogP contribution in [0, 0.1) is 0 Å². The molecule has 0 spiro atoms. The first kappa shape index (κ1) is 16.6. The van der Waals surface area contributed by atoms with E-state index in [0.29, 0.717) is 17.6 Å². The fourth-order valence-electron chi connectivity index (χ4n) is 3.06. The second-order valence-corrected chi connectivity index (χ2v) is 6.33. The van der Waals surface area contributed by atoms with Crippen LogP contribution in [-0.2, 0) is 4.79 Å². The van der Waals surface area contributed by atoms with E-state index in [1.165, 1.54) is 5.69 Å². The van der Waals surface area contributed by atoms with Crippen molar-refractivity contribution in [1.29, 1.82) is 0 Å². The van der Waals surface area contributed by atoms with Gasteiger partial charge in [0.15, 0.2) is 0 Å². The van der Waals surface area contributed by atoms with Gasteiger partial charge in [0.1, 0.15) is 0 Å². The Kier molecular flexibility index (Phi) is 5.55. The molecule has 24 heavy (non-hydrogen) atoms. The molecule has 1 atom stereocenters. The third kappa shape index (κ3) is 4.18. The summed E-state index contributed by atoms with van der Waals surface area (Å²) in [4.78, 5) is 14.4. The molecule has 1 N–H and O–H groups in total. The van der Waals surface area contributed by atoms with Gasteiger partial charge in [0.2, 0.25) is 5.91 Å². The Hall–Kier alpha value is -2.26. The number of hydrogen-bond acceptors (Lipinski definition) is 2. The predicted octanol–water partition coefficient (Wildman–Crippen LogP) is 4.14. The summed E-state index contributed by atoms with van der Waals surface area (Å²) in [6.45, 7) is 1.70. The van der Waals surface area contributed by atoms with Crippen molar-refractivity contribution in [3.8, 4) is 0 Å². The number of halogens is 1. The quantitative estimate of drug-likeness (QED) is 0.830. The lowest BCUT2D eigenvalue weighted by Crippen LogP contribution is -2.39. The Bertz CT molecular complexity index is 715. The van der Waals surface area contributed by atoms with Crippen molar-refractivity contribution in [3.05, 3.63) is 71.3 Å². The van der Waals surface area contributed by atoms with Crippen LogP contribution in [0.15, 0.2) is 60.7 Å². The van der Waals surface area contributed by atoms with E-state index in [1.807, 2.05) is 30.3 Å². The summed E-state index contributed by atoms with van der Waals surface area (Å²) in [5.41, 5.74) is 2.07. The van der Waals surface area contributed by atoms with E-state index in [2.05, 4.69) is 34.5 Å². The number of para-hydroxylation sites is 1. The molecule has 2 aromatic rings. The standard InChI is InChI=1S/C20H21ClN2O/c21-19-11-5-4-7-16(19)12-13-20(24)22-15-18-10-6-14-23(18)17-8-2-1-3-9-17/h1-5,7-9,11-13,18H,6,10,14-15H2,(H,22,24)/b13-12+/t18-/m1/s1. The number of benzene rings is 2. The number of rotatable bonds is 5. The van der Waals surface area contributed by atoms with Crippen molar-refractivity contribution >= 4 is 29.3 Å². The molecule has 0 aliphatic carbocycles. The van der Waals surface area contributed by atoms with Crippen molar-refractivity contribution in [2.45, 2.75) is 18.9 Å². The Morgan fingerprint density at radius 2 is 1.92 bits per heavy atom. The molecule has 4 heteroatoms. The topological polar surface area (TPSA) is 32.3 Å². The first-order valence-corrected chi connectivity index (χ1v) is 8.64. The molecule has 0 unspecified atom stereocenters. The van der Waals surface area contributed by atoms with Crippen LogP contribution < -0.4 is 10.2 Å². The molecule has 1 aliphatic rings. The van der Waals surface area contributed by atoms with Crippen LogP contribution in [0.2, 0.25) is 5.02 Å². The molecule has 1 heterocycles. The maximum atomic E-state index is 12.1. The number of nitrogens with zero attached hydrogens (tertiary/aromatic N) is 1. The maximum absolute atomic E-state index is 12.1. The van der Waals surface area contributed by atoms with Crippen LogP contribution in [0.1, 0.15) is 18.4 Å². The molecule has 124 valence electrons. The minimum absolute atomic E-state index is 0.0881. The van der Waals surface area contributed by atoms with E-state index in [9.17, 15) is 4.79 Å². The van der Waals surface area contributed by atoms with Crippen molar-refractivity contribution < 1.29 is 4.79 Å². The summed E-state index contributed by atoms with van der Waals surface area (Å²) in [5.74, 6) is -0.0881. The van der Waals surface area contributed by atoms with E-state index in [-0.39, 0.29) is 5.91 Å². The summed E-state index contributed by atoms with van der Waals surface area (Å²) >= 11 is 6.09. The molecule has 0 bridgehead atoms. The van der Waals surface area contributed by atoms with Gasteiger partial charge in [-0.15, -0.1) is 0 Å². The maximum Gasteiger partial charge on any atom is 0.244 e. The van der Waals surface area contributed by atoms with Crippen molar-refractivity contribution in [2.24, 2.45) is 0 Å². The zero-order chi connectivity index (χ0) is 16.8. The highest BCUT2D eigenvalue weighted by Gasteiger charge is 2.24. The molecule has 0 aromatic heterocycles. The first-order chi connectivity index (χ1) is 11.7. The van der Waals surface area contributed by atoms with Crippen LogP contribution in [0.4, 0.5) is 5.69 Å². The SMILES string of the molecule is O=C(/C=C/c1ccccc1Cl)NC[C@H]1CCCN1c1ccccc1. The van der Waals surface area contributed by atoms with Crippen molar-refractivity contribution in [1.82, 2.24) is 5.32 Å². The highest BCUT2D eigenvalue weighted by molar-refractivity contribution is 6.32. The fraction of sp³-hybridized carbons (Fsp3) is 0.250. The molecule has 0 radical (unpaired) electrons. The molecule has 1 saturated heterocycles. The zero-order valence-corrected chi connectivity index (χ0v) is 14.2. The van der Waals surface area contributed by atoms with Gasteiger partial charge in [0.05, 0.1) is 0 Å². The summed E-state index contributed by atoms with van der Waals surface area (Å²) in [5, 5.41) is 3.65. The van der Waals surface area contributed by atoms with Crippen LogP contribution in [0.5, 0.6) is 0 Å². The molecule has 3 nitrogen and oxygen atoms in total. The molecule has 3 rings (SSSR count). The van der Waals surface area contributed by atoms with E-state index in [1.54, 1.807) is 12.2 Å². The number of carbonyl (C=O) groups is 1. The summed E-state index contributed by atoms with van der Waals surface area (Å²) in [7, 11) is 0. The minimum Gasteiger partial charge on any atom is -0.367 e. The highest BCUT2D eigenvalue weighted by atomic mass is 35.5. The molecule has 1 fully saturated rings. The summed E-state index contributed by atoms with van der Waals surface area (Å²) < 4.78 is 0. The molecule has 0 saturated carbocycles. The van der Waals surface area contributed by atoms with Gasteiger partial charge in [-0.2, -0.15) is 0 Å². The molecular formula is C20H21ClN2O. The Labute approximate surface area is 147 Å². The molecule has 2 aromatic carbocycles. The molecule has 1 amide bonds. The van der Waals surface area contributed by atoms with Crippen LogP contribution in [-0.4, -0.2) is 25.0 Å². The lowest BCUT2D eigenvalue weighted by atomic mass is 10.2. The second kappa shape index (κ2) is 8.02. The number of nitrogens with one attached hydrogen (secondary N) is 1. The average molecular weight is 341 g/mol. The first-order valence-electron chi connectivity index (χ1n) is 8.26. The second-order valence-electron chi connectivity index (χ2n) is 5.92. The van der Waals surface area contributed by atoms with E-state index in [4.69, 9.17) is 11.6 Å². The number of hydrogen-bond donors (Lipinski definition) is 1. The summed E-state index contributed by atoms with van der Waals surface area (Å²) in [6.07, 6.45) is 5.55. The Morgan fingerprint density at radius 1 is 1.17 bits per heavy atom. The third-order valence-corrected chi connectivity index (χ3v) is 4.64. The monoisotopic (exact) mass is 340 g/mol. The van der Waals surface area contributed by atoms with Crippen LogP contribution >= 0.6 is 11.6 Å². The van der Waals surface area contributed by atoms with Gasteiger partial charge in [-0.25, -0.2) is 0 Å². The van der Waals surface area contributed by atoms with Gasteiger partial charge in [-0.05, 0) is 42.7 Å². The van der Waals surface area contributed by atoms with Gasteiger partial charge in [0, 0.05) is 35.9 Å². The Balaban J connectivity index is 1.55. The van der Waals surface area contributed by atoms with Crippen molar-refractivity contribution in [2.75, 3.05) is 18.0 Å². The fourth-order valence-corrected chi connectivity index (χ4v) is 3.26. The minimum atomic E-state index is -0.0881. The highest BCUT2D eigenvalue weighted by Crippen LogP contribution is 2.24. The van der Waals surface area contributed by atoms with Gasteiger partial charge in [-0.3, -0.25) is 4.79 Å². The van der Waals surface area contributed by atoms with E-state index >= 15 is 0 Å². The predicted molar refractivity (Wildman–Crippen MR) is 100 cm³/mol. The summed E-state index contributed by atoms with van der Waals surface area (Å²) in [6, 6.07) is 18.2. The Morgan fingerprint density at radius 3 is 2.71 bits per heavy atom. The zero-order valence-electron chi connectivity index (χ0n) is 13.5. The van der Waals surface area contributed by atoms with Gasteiger partial charge in [0.25, 0.3) is 0 Å². The number of amides is 1. The number of carbonyl (C=O) groups excluding carboxylic acids is 1. The average Bonchev–Trinajstić information content (AvgIpc) is 3.08. The number of anilines is 1. The van der Waals surface area contributed by atoms with E-state index in [0.717, 1.165) is 24.9 Å². The lowest BCUT2D eigenvalue weighted by Gasteiger charge is -2.26. The third-order valence-electron chi connectivity index (χ3n) is 4.30. The lowest BCUT2D eigenvalue weighted by molar-refractivity contribution is -0.116. The van der Waals surface area contributed by atoms with E-state index < -0.39 is 0 Å². The smallest absolute Gasteiger partial charge is 0.244 e. The van der Waals surface area contributed by atoms with Crippen LogP contribution in [0.3, 0.4) is 0 Å². The van der Waals surface area contributed by atoms with Gasteiger partial charge in [-0.1, -0.05) is 48.0 Å². The van der Waals surface area contributed by atoms with Crippen LogP contribution in [0.25, 0.3) is 6.08 Å². The van der Waals surface area contributed by atoms with Crippen molar-refractivity contribution in [3.63, 3.8) is 0 Å². The molecule has 1 aliphatic heterocycles. The largest absolute Gasteiger partial charge is 0.367 e. The molecular weight excluding hydrogens is 320 g/mol. The normalized spacial score (nSPS) is 17.4.